The first kappa shape index (κ1) is 14.4. The Hall–Kier alpha value is -1.96. The summed E-state index contributed by atoms with van der Waals surface area (Å²) in [4.78, 5) is 3.76. The van der Waals surface area contributed by atoms with Gasteiger partial charge in [-0.1, -0.05) is 11.2 Å². The van der Waals surface area contributed by atoms with Crippen molar-refractivity contribution in [3.8, 4) is 0 Å². The number of halogens is 4. The molecule has 1 aromatic heterocycles. The highest BCUT2D eigenvalue weighted by molar-refractivity contribution is 5.21. The van der Waals surface area contributed by atoms with Crippen molar-refractivity contribution in [3.05, 3.63) is 47.1 Å². The minimum absolute atomic E-state index is 0.0620. The number of alkyl halides is 2. The fraction of sp³-hybridized carbons (Fsp3) is 0.333. The van der Waals surface area contributed by atoms with Gasteiger partial charge in [-0.2, -0.15) is 4.98 Å². The minimum atomic E-state index is -2.92. The summed E-state index contributed by atoms with van der Waals surface area (Å²) in [5, 5.41) is 12.5. The normalized spacial score (nSPS) is 12.9. The molecule has 0 bridgehead atoms. The second-order valence-electron chi connectivity index (χ2n) is 4.12. The molecule has 0 radical (unpaired) electrons. The summed E-state index contributed by atoms with van der Waals surface area (Å²) >= 11 is 0. The molecule has 108 valence electrons. The standard InChI is InChI=1S/C12H10F4N2O2/c13-7-2-1-6(8(14)4-7)3-10-17-11(20-18-10)5-9(19)12(15)16/h1-2,4,9,12,19H,3,5H2. The van der Waals surface area contributed by atoms with Gasteiger partial charge in [0.2, 0.25) is 5.89 Å². The van der Waals surface area contributed by atoms with Gasteiger partial charge in [-0.15, -0.1) is 0 Å². The summed E-state index contributed by atoms with van der Waals surface area (Å²) in [5.74, 6) is -1.58. The maximum atomic E-state index is 13.4. The van der Waals surface area contributed by atoms with Crippen LogP contribution in [-0.2, 0) is 12.8 Å². The Morgan fingerprint density at radius 2 is 2.00 bits per heavy atom. The number of rotatable bonds is 5. The lowest BCUT2D eigenvalue weighted by atomic mass is 10.1. The average molecular weight is 290 g/mol. The van der Waals surface area contributed by atoms with Crippen LogP contribution in [0.1, 0.15) is 17.3 Å². The second kappa shape index (κ2) is 6.00. The Kier molecular flexibility index (Phi) is 4.33. The predicted molar refractivity (Wildman–Crippen MR) is 59.2 cm³/mol. The third-order valence-electron chi connectivity index (χ3n) is 2.55. The van der Waals surface area contributed by atoms with Crippen molar-refractivity contribution in [2.75, 3.05) is 0 Å². The predicted octanol–water partition coefficient (Wildman–Crippen LogP) is 2.11. The molecule has 0 aliphatic heterocycles. The molecule has 0 aliphatic carbocycles. The van der Waals surface area contributed by atoms with Gasteiger partial charge in [0.05, 0.1) is 6.42 Å². The van der Waals surface area contributed by atoms with Crippen molar-refractivity contribution in [3.63, 3.8) is 0 Å². The van der Waals surface area contributed by atoms with Gasteiger partial charge in [0.25, 0.3) is 6.43 Å². The number of nitrogens with zero attached hydrogens (tertiary/aromatic N) is 2. The number of benzene rings is 1. The van der Waals surface area contributed by atoms with E-state index in [9.17, 15) is 17.6 Å². The van der Waals surface area contributed by atoms with Gasteiger partial charge in [0.1, 0.15) is 17.7 Å². The fourth-order valence-electron chi connectivity index (χ4n) is 1.55. The molecule has 4 nitrogen and oxygen atoms in total. The van der Waals surface area contributed by atoms with Crippen molar-refractivity contribution < 1.29 is 27.2 Å². The first-order valence-corrected chi connectivity index (χ1v) is 5.67. The number of aromatic nitrogens is 2. The van der Waals surface area contributed by atoms with Gasteiger partial charge >= 0.3 is 0 Å². The van der Waals surface area contributed by atoms with E-state index in [1.807, 2.05) is 0 Å². The van der Waals surface area contributed by atoms with Crippen LogP contribution in [0, 0.1) is 11.6 Å². The SMILES string of the molecule is OC(Cc1nc(Cc2ccc(F)cc2F)no1)C(F)F. The zero-order valence-corrected chi connectivity index (χ0v) is 10.1. The van der Waals surface area contributed by atoms with Crippen LogP contribution in [0.3, 0.4) is 0 Å². The molecule has 0 fully saturated rings. The van der Waals surface area contributed by atoms with E-state index < -0.39 is 30.6 Å². The van der Waals surface area contributed by atoms with Crippen LogP contribution < -0.4 is 0 Å². The van der Waals surface area contributed by atoms with Crippen LogP contribution in [0.25, 0.3) is 0 Å². The Bertz CT molecular complexity index is 589. The van der Waals surface area contributed by atoms with Gasteiger partial charge < -0.3 is 9.63 Å². The maximum absolute atomic E-state index is 13.4. The van der Waals surface area contributed by atoms with Gasteiger partial charge in [-0.25, -0.2) is 17.6 Å². The van der Waals surface area contributed by atoms with Crippen molar-refractivity contribution in [2.24, 2.45) is 0 Å². The third-order valence-corrected chi connectivity index (χ3v) is 2.55. The number of hydrogen-bond donors (Lipinski definition) is 1. The lowest BCUT2D eigenvalue weighted by Gasteiger charge is -2.04. The smallest absolute Gasteiger partial charge is 0.264 e. The van der Waals surface area contributed by atoms with Gasteiger partial charge in [-0.05, 0) is 11.6 Å². The third kappa shape index (κ3) is 3.53. The monoisotopic (exact) mass is 290 g/mol. The van der Waals surface area contributed by atoms with E-state index in [0.29, 0.717) is 0 Å². The number of aliphatic hydroxyl groups is 1. The maximum Gasteiger partial charge on any atom is 0.264 e. The lowest BCUT2D eigenvalue weighted by Crippen LogP contribution is -2.20. The molecule has 0 amide bonds. The first-order valence-electron chi connectivity index (χ1n) is 5.67. The Morgan fingerprint density at radius 1 is 1.25 bits per heavy atom. The number of hydrogen-bond acceptors (Lipinski definition) is 4. The highest BCUT2D eigenvalue weighted by Gasteiger charge is 2.21. The molecule has 1 atom stereocenters. The van der Waals surface area contributed by atoms with Gasteiger partial charge in [0, 0.05) is 12.5 Å². The topological polar surface area (TPSA) is 59.2 Å². The quantitative estimate of drug-likeness (QED) is 0.857. The first-order chi connectivity index (χ1) is 9.45. The average Bonchev–Trinajstić information content (AvgIpc) is 2.80. The molecule has 0 spiro atoms. The summed E-state index contributed by atoms with van der Waals surface area (Å²) in [7, 11) is 0. The molecule has 1 aromatic carbocycles. The lowest BCUT2D eigenvalue weighted by molar-refractivity contribution is -0.00754. The van der Waals surface area contributed by atoms with Crippen molar-refractivity contribution in [2.45, 2.75) is 25.4 Å². The molecule has 1 unspecified atom stereocenters. The zero-order valence-electron chi connectivity index (χ0n) is 10.1. The molecular weight excluding hydrogens is 280 g/mol. The van der Waals surface area contributed by atoms with E-state index >= 15 is 0 Å². The van der Waals surface area contributed by atoms with Crippen molar-refractivity contribution >= 4 is 0 Å². The van der Waals surface area contributed by atoms with Crippen LogP contribution in [0.15, 0.2) is 22.7 Å². The van der Waals surface area contributed by atoms with Crippen LogP contribution in [-0.4, -0.2) is 27.8 Å². The fourth-order valence-corrected chi connectivity index (χ4v) is 1.55. The highest BCUT2D eigenvalue weighted by atomic mass is 19.3. The number of aliphatic hydroxyl groups excluding tert-OH is 1. The molecular formula is C12H10F4N2O2. The van der Waals surface area contributed by atoms with E-state index in [2.05, 4.69) is 14.7 Å². The Morgan fingerprint density at radius 3 is 2.65 bits per heavy atom. The molecule has 1 N–H and O–H groups in total. The molecule has 20 heavy (non-hydrogen) atoms. The van der Waals surface area contributed by atoms with Crippen LogP contribution in [0.5, 0.6) is 0 Å². The summed E-state index contributed by atoms with van der Waals surface area (Å²) in [6, 6.07) is 3.03. The molecule has 0 aliphatic rings. The van der Waals surface area contributed by atoms with E-state index in [0.717, 1.165) is 12.1 Å². The second-order valence-corrected chi connectivity index (χ2v) is 4.12. The minimum Gasteiger partial charge on any atom is -0.387 e. The van der Waals surface area contributed by atoms with Crippen molar-refractivity contribution in [1.82, 2.24) is 10.1 Å². The molecule has 0 saturated carbocycles. The van der Waals surface area contributed by atoms with E-state index in [4.69, 9.17) is 5.11 Å². The van der Waals surface area contributed by atoms with Crippen molar-refractivity contribution in [1.29, 1.82) is 0 Å². The van der Waals surface area contributed by atoms with Crippen LogP contribution >= 0.6 is 0 Å². The van der Waals surface area contributed by atoms with Crippen LogP contribution in [0.2, 0.25) is 0 Å². The Labute approximate surface area is 111 Å². The summed E-state index contributed by atoms with van der Waals surface area (Å²) in [6.45, 7) is 0. The molecule has 1 heterocycles. The zero-order chi connectivity index (χ0) is 14.7. The van der Waals surface area contributed by atoms with Crippen LogP contribution in [0.4, 0.5) is 17.6 Å². The summed E-state index contributed by atoms with van der Waals surface area (Å²) < 4.78 is 55.1. The molecule has 2 rings (SSSR count). The van der Waals surface area contributed by atoms with E-state index in [1.54, 1.807) is 0 Å². The summed E-state index contributed by atoms with van der Waals surface area (Å²) in [5.41, 5.74) is 0.146. The van der Waals surface area contributed by atoms with Gasteiger partial charge in [0.15, 0.2) is 5.82 Å². The van der Waals surface area contributed by atoms with Gasteiger partial charge in [-0.3, -0.25) is 0 Å². The largest absolute Gasteiger partial charge is 0.387 e. The Balaban J connectivity index is 2.06. The van der Waals surface area contributed by atoms with E-state index in [1.165, 1.54) is 6.07 Å². The molecule has 8 heteroatoms. The summed E-state index contributed by atoms with van der Waals surface area (Å²) in [6.07, 6.45) is -5.37. The van der Waals surface area contributed by atoms with E-state index in [-0.39, 0.29) is 23.7 Å². The highest BCUT2D eigenvalue weighted by Crippen LogP contribution is 2.14. The molecule has 0 saturated heterocycles. The molecule has 2 aromatic rings.